The number of hydrogen-bond acceptors (Lipinski definition) is 3. The number of carbonyl (C=O) groups is 1. The second-order valence-electron chi connectivity index (χ2n) is 5.35. The first kappa shape index (κ1) is 14.3. The largest absolute Gasteiger partial charge is 0.293 e. The normalized spacial score (nSPS) is 22.0. The van der Waals surface area contributed by atoms with E-state index in [2.05, 4.69) is 40.3 Å². The first-order valence-corrected chi connectivity index (χ1v) is 7.47. The van der Waals surface area contributed by atoms with E-state index >= 15 is 0 Å². The summed E-state index contributed by atoms with van der Waals surface area (Å²) in [5, 5.41) is 4.30. The molecule has 0 spiro atoms. The summed E-state index contributed by atoms with van der Waals surface area (Å²) in [6, 6.07) is 7.76. The Hall–Kier alpha value is -1.16. The first-order chi connectivity index (χ1) is 9.06. The summed E-state index contributed by atoms with van der Waals surface area (Å²) in [5.41, 5.74) is 4.56. The lowest BCUT2D eigenvalue weighted by molar-refractivity contribution is -0.114. The lowest BCUT2D eigenvalue weighted by atomic mass is 9.80. The smallest absolute Gasteiger partial charge is 0.178 e. The SMILES string of the molecule is CC(C)C1CCC(=O)/C(=N/Nc2ccc(Br)cc2)C1. The van der Waals surface area contributed by atoms with E-state index in [1.807, 2.05) is 24.3 Å². The molecule has 0 radical (unpaired) electrons. The van der Waals surface area contributed by atoms with Crippen molar-refractivity contribution < 1.29 is 4.79 Å². The molecule has 1 aliphatic carbocycles. The third-order valence-electron chi connectivity index (χ3n) is 3.63. The molecule has 0 aromatic heterocycles. The zero-order valence-corrected chi connectivity index (χ0v) is 12.9. The zero-order valence-electron chi connectivity index (χ0n) is 11.3. The summed E-state index contributed by atoms with van der Waals surface area (Å²) in [7, 11) is 0. The molecule has 19 heavy (non-hydrogen) atoms. The summed E-state index contributed by atoms with van der Waals surface area (Å²) < 4.78 is 1.03. The topological polar surface area (TPSA) is 41.5 Å². The molecule has 0 saturated heterocycles. The minimum absolute atomic E-state index is 0.182. The summed E-state index contributed by atoms with van der Waals surface area (Å²) >= 11 is 3.39. The van der Waals surface area contributed by atoms with Crippen LogP contribution in [0, 0.1) is 11.8 Å². The van der Waals surface area contributed by atoms with Gasteiger partial charge >= 0.3 is 0 Å². The van der Waals surface area contributed by atoms with Crippen LogP contribution >= 0.6 is 15.9 Å². The molecule has 1 atom stereocenters. The molecule has 0 aliphatic heterocycles. The second-order valence-corrected chi connectivity index (χ2v) is 6.26. The third-order valence-corrected chi connectivity index (χ3v) is 4.16. The Morgan fingerprint density at radius 2 is 2.00 bits per heavy atom. The summed E-state index contributed by atoms with van der Waals surface area (Å²) in [6.07, 6.45) is 2.41. The van der Waals surface area contributed by atoms with Gasteiger partial charge in [-0.2, -0.15) is 5.10 Å². The molecule has 1 aliphatic rings. The van der Waals surface area contributed by atoms with Crippen LogP contribution in [0.4, 0.5) is 5.69 Å². The highest BCUT2D eigenvalue weighted by molar-refractivity contribution is 9.10. The Morgan fingerprint density at radius 3 is 2.63 bits per heavy atom. The Kier molecular flexibility index (Phi) is 4.75. The van der Waals surface area contributed by atoms with Gasteiger partial charge in [0, 0.05) is 10.9 Å². The van der Waals surface area contributed by atoms with E-state index in [4.69, 9.17) is 0 Å². The molecule has 102 valence electrons. The number of anilines is 1. The maximum Gasteiger partial charge on any atom is 0.178 e. The fraction of sp³-hybridized carbons (Fsp3) is 0.467. The Balaban J connectivity index is 2.04. The third kappa shape index (κ3) is 3.90. The minimum atomic E-state index is 0.182. The van der Waals surface area contributed by atoms with E-state index in [-0.39, 0.29) is 5.78 Å². The van der Waals surface area contributed by atoms with Crippen molar-refractivity contribution in [3.8, 4) is 0 Å². The van der Waals surface area contributed by atoms with Crippen molar-refractivity contribution >= 4 is 33.1 Å². The van der Waals surface area contributed by atoms with Gasteiger partial charge in [0.15, 0.2) is 5.78 Å². The van der Waals surface area contributed by atoms with Crippen molar-refractivity contribution in [1.29, 1.82) is 0 Å². The molecule has 0 amide bonds. The van der Waals surface area contributed by atoms with Crippen molar-refractivity contribution in [2.75, 3.05) is 5.43 Å². The average molecular weight is 323 g/mol. The minimum Gasteiger partial charge on any atom is -0.293 e. The molecular formula is C15H19BrN2O. The van der Waals surface area contributed by atoms with Crippen molar-refractivity contribution in [2.24, 2.45) is 16.9 Å². The van der Waals surface area contributed by atoms with Gasteiger partial charge in [-0.3, -0.25) is 10.2 Å². The molecule has 2 rings (SSSR count). The molecule has 1 saturated carbocycles. The van der Waals surface area contributed by atoms with Gasteiger partial charge in [0.05, 0.1) is 5.69 Å². The molecule has 4 heteroatoms. The maximum atomic E-state index is 11.9. The van der Waals surface area contributed by atoms with Crippen molar-refractivity contribution in [2.45, 2.75) is 33.1 Å². The highest BCUT2D eigenvalue weighted by atomic mass is 79.9. The van der Waals surface area contributed by atoms with Crippen LogP contribution < -0.4 is 5.43 Å². The molecule has 1 N–H and O–H groups in total. The predicted molar refractivity (Wildman–Crippen MR) is 82.4 cm³/mol. The number of ketones is 1. The van der Waals surface area contributed by atoms with E-state index in [0.717, 1.165) is 23.0 Å². The quantitative estimate of drug-likeness (QED) is 0.845. The van der Waals surface area contributed by atoms with Gasteiger partial charge in [-0.1, -0.05) is 29.8 Å². The van der Waals surface area contributed by atoms with Crippen LogP contribution in [-0.2, 0) is 4.79 Å². The molecule has 3 nitrogen and oxygen atoms in total. The van der Waals surface area contributed by atoms with Crippen LogP contribution in [0.1, 0.15) is 33.1 Å². The summed E-state index contributed by atoms with van der Waals surface area (Å²) in [5.74, 6) is 1.36. The van der Waals surface area contributed by atoms with Gasteiger partial charge in [0.1, 0.15) is 5.71 Å². The van der Waals surface area contributed by atoms with Crippen molar-refractivity contribution in [3.63, 3.8) is 0 Å². The van der Waals surface area contributed by atoms with Gasteiger partial charge in [0.2, 0.25) is 0 Å². The molecule has 1 unspecified atom stereocenters. The van der Waals surface area contributed by atoms with Crippen molar-refractivity contribution in [3.05, 3.63) is 28.7 Å². The standard InChI is InChI=1S/C15H19BrN2O/c1-10(2)11-3-8-15(19)14(9-11)18-17-13-6-4-12(16)5-7-13/h4-7,10-11,17H,3,8-9H2,1-2H3/b18-14+. The van der Waals surface area contributed by atoms with Crippen LogP contribution in [0.5, 0.6) is 0 Å². The average Bonchev–Trinajstić information content (AvgIpc) is 2.39. The fourth-order valence-electron chi connectivity index (χ4n) is 2.26. The first-order valence-electron chi connectivity index (χ1n) is 6.67. The molecule has 0 heterocycles. The van der Waals surface area contributed by atoms with E-state index < -0.39 is 0 Å². The molecule has 1 aromatic carbocycles. The van der Waals surface area contributed by atoms with E-state index in [1.165, 1.54) is 0 Å². The molecular weight excluding hydrogens is 304 g/mol. The fourth-order valence-corrected chi connectivity index (χ4v) is 2.52. The number of halogens is 1. The zero-order chi connectivity index (χ0) is 13.8. The van der Waals surface area contributed by atoms with Gasteiger partial charge in [-0.15, -0.1) is 0 Å². The number of nitrogens with zero attached hydrogens (tertiary/aromatic N) is 1. The Labute approximate surface area is 122 Å². The van der Waals surface area contributed by atoms with Crippen LogP contribution in [0.3, 0.4) is 0 Å². The molecule has 1 fully saturated rings. The summed E-state index contributed by atoms with van der Waals surface area (Å²) in [6.45, 7) is 4.42. The number of hydrogen-bond donors (Lipinski definition) is 1. The number of nitrogens with one attached hydrogen (secondary N) is 1. The number of Topliss-reactive ketones (excluding diaryl/α,β-unsaturated/α-hetero) is 1. The highest BCUT2D eigenvalue weighted by Gasteiger charge is 2.26. The maximum absolute atomic E-state index is 11.9. The lowest BCUT2D eigenvalue weighted by Crippen LogP contribution is -2.28. The number of carbonyl (C=O) groups excluding carboxylic acids is 1. The van der Waals surface area contributed by atoms with Gasteiger partial charge in [-0.05, 0) is 48.9 Å². The number of rotatable bonds is 3. The number of benzene rings is 1. The van der Waals surface area contributed by atoms with Crippen molar-refractivity contribution in [1.82, 2.24) is 0 Å². The Morgan fingerprint density at radius 1 is 1.32 bits per heavy atom. The monoisotopic (exact) mass is 322 g/mol. The van der Waals surface area contributed by atoms with Gasteiger partial charge < -0.3 is 0 Å². The van der Waals surface area contributed by atoms with E-state index in [1.54, 1.807) is 0 Å². The second kappa shape index (κ2) is 6.33. The van der Waals surface area contributed by atoms with E-state index in [0.29, 0.717) is 24.0 Å². The summed E-state index contributed by atoms with van der Waals surface area (Å²) in [4.78, 5) is 11.9. The number of hydrazone groups is 1. The van der Waals surface area contributed by atoms with Crippen LogP contribution in [0.15, 0.2) is 33.8 Å². The predicted octanol–water partition coefficient (Wildman–Crippen LogP) is 4.24. The van der Waals surface area contributed by atoms with Gasteiger partial charge in [-0.25, -0.2) is 0 Å². The van der Waals surface area contributed by atoms with Gasteiger partial charge in [0.25, 0.3) is 0 Å². The van der Waals surface area contributed by atoms with Crippen LogP contribution in [-0.4, -0.2) is 11.5 Å². The van der Waals surface area contributed by atoms with E-state index in [9.17, 15) is 4.79 Å². The molecule has 0 bridgehead atoms. The van der Waals surface area contributed by atoms with Crippen LogP contribution in [0.2, 0.25) is 0 Å². The molecule has 1 aromatic rings. The van der Waals surface area contributed by atoms with Crippen LogP contribution in [0.25, 0.3) is 0 Å². The lowest BCUT2D eigenvalue weighted by Gasteiger charge is -2.25. The Bertz CT molecular complexity index is 479. The highest BCUT2D eigenvalue weighted by Crippen LogP contribution is 2.27.